The summed E-state index contributed by atoms with van der Waals surface area (Å²) in [7, 11) is 0. The maximum atomic E-state index is 13.0. The Morgan fingerprint density at radius 2 is 2.04 bits per heavy atom. The van der Waals surface area contributed by atoms with E-state index in [0.29, 0.717) is 0 Å². The van der Waals surface area contributed by atoms with Gasteiger partial charge in [-0.25, -0.2) is 0 Å². The molecule has 1 fully saturated rings. The van der Waals surface area contributed by atoms with Gasteiger partial charge in [0.2, 0.25) is 17.7 Å². The summed E-state index contributed by atoms with van der Waals surface area (Å²) in [6, 6.07) is 1.77. The molecular weight excluding hydrogens is 356 g/mol. The fourth-order valence-corrected chi connectivity index (χ4v) is 3.13. The van der Waals surface area contributed by atoms with Crippen LogP contribution in [0.4, 0.5) is 5.69 Å². The number of ether oxygens (including phenoxy) is 1. The number of carbonyl (C=O) groups is 5. The van der Waals surface area contributed by atoms with E-state index in [2.05, 4.69) is 10.6 Å². The summed E-state index contributed by atoms with van der Waals surface area (Å²) in [5.41, 5.74) is 5.48. The molecule has 0 aliphatic carbocycles. The number of rotatable bonds is 5. The van der Waals surface area contributed by atoms with Gasteiger partial charge >= 0.3 is 0 Å². The van der Waals surface area contributed by atoms with E-state index in [1.54, 1.807) is 0 Å². The molecule has 0 aromatic heterocycles. The number of anilines is 1. The van der Waals surface area contributed by atoms with Gasteiger partial charge in [0.1, 0.15) is 18.4 Å². The van der Waals surface area contributed by atoms with Crippen molar-refractivity contribution in [2.24, 2.45) is 5.73 Å². The van der Waals surface area contributed by atoms with Crippen LogP contribution in [0.25, 0.3) is 0 Å². The van der Waals surface area contributed by atoms with Gasteiger partial charge in [-0.3, -0.25) is 34.2 Å². The summed E-state index contributed by atoms with van der Waals surface area (Å²) in [5.74, 6) is -2.82. The summed E-state index contributed by atoms with van der Waals surface area (Å²) >= 11 is 0. The van der Waals surface area contributed by atoms with E-state index in [0.717, 1.165) is 4.90 Å². The zero-order valence-electron chi connectivity index (χ0n) is 14.5. The highest BCUT2D eigenvalue weighted by molar-refractivity contribution is 6.26. The van der Waals surface area contributed by atoms with Crippen LogP contribution < -0.4 is 21.1 Å². The van der Waals surface area contributed by atoms with Crippen molar-refractivity contribution in [3.63, 3.8) is 0 Å². The van der Waals surface area contributed by atoms with Gasteiger partial charge in [0.25, 0.3) is 11.8 Å². The van der Waals surface area contributed by atoms with Crippen molar-refractivity contribution in [2.45, 2.75) is 25.8 Å². The second kappa shape index (κ2) is 7.16. The van der Waals surface area contributed by atoms with Crippen LogP contribution in [-0.4, -0.2) is 53.6 Å². The minimum Gasteiger partial charge on any atom is -0.490 e. The van der Waals surface area contributed by atoms with Crippen molar-refractivity contribution in [3.8, 4) is 5.75 Å². The molecule has 0 bridgehead atoms. The third-order valence-electron chi connectivity index (χ3n) is 4.25. The number of hydrogen-bond acceptors (Lipinski definition) is 7. The molecule has 0 spiro atoms. The maximum absolute atomic E-state index is 13.0. The first-order chi connectivity index (χ1) is 12.8. The predicted octanol–water partition coefficient (Wildman–Crippen LogP) is -0.616. The Morgan fingerprint density at radius 1 is 1.30 bits per heavy atom. The van der Waals surface area contributed by atoms with Crippen LogP contribution in [0.3, 0.4) is 0 Å². The first kappa shape index (κ1) is 18.5. The Balaban J connectivity index is 2.03. The van der Waals surface area contributed by atoms with Gasteiger partial charge in [-0.05, 0) is 18.6 Å². The fourth-order valence-electron chi connectivity index (χ4n) is 3.13. The monoisotopic (exact) mass is 374 g/mol. The third-order valence-corrected chi connectivity index (χ3v) is 4.25. The van der Waals surface area contributed by atoms with Crippen molar-refractivity contribution in [1.82, 2.24) is 10.2 Å². The number of nitrogens with one attached hydrogen (secondary N) is 2. The van der Waals surface area contributed by atoms with Crippen molar-refractivity contribution >= 4 is 35.2 Å². The number of hydrogen-bond donors (Lipinski definition) is 3. The van der Waals surface area contributed by atoms with Gasteiger partial charge in [0.05, 0.1) is 16.8 Å². The number of nitrogens with zero attached hydrogens (tertiary/aromatic N) is 1. The highest BCUT2D eigenvalue weighted by Gasteiger charge is 2.46. The summed E-state index contributed by atoms with van der Waals surface area (Å²) < 4.78 is 5.47. The number of fused-ring (bicyclic) bond motifs is 1. The van der Waals surface area contributed by atoms with Crippen molar-refractivity contribution in [1.29, 1.82) is 0 Å². The van der Waals surface area contributed by atoms with E-state index in [1.807, 2.05) is 0 Å². The van der Waals surface area contributed by atoms with Crippen molar-refractivity contribution in [2.75, 3.05) is 18.5 Å². The van der Waals surface area contributed by atoms with E-state index in [1.165, 1.54) is 19.1 Å². The zero-order valence-corrected chi connectivity index (χ0v) is 14.5. The van der Waals surface area contributed by atoms with Crippen LogP contribution in [0.15, 0.2) is 12.1 Å². The third kappa shape index (κ3) is 3.26. The lowest BCUT2D eigenvalue weighted by molar-refractivity contribution is -0.136. The zero-order chi connectivity index (χ0) is 19.7. The molecule has 1 aromatic rings. The molecule has 2 aliphatic heterocycles. The lowest BCUT2D eigenvalue weighted by Gasteiger charge is -2.27. The molecule has 3 rings (SSSR count). The molecule has 142 valence electrons. The van der Waals surface area contributed by atoms with Crippen LogP contribution >= 0.6 is 0 Å². The van der Waals surface area contributed by atoms with Crippen molar-refractivity contribution < 1.29 is 28.7 Å². The number of nitrogens with two attached hydrogens (primary N) is 1. The summed E-state index contributed by atoms with van der Waals surface area (Å²) in [5, 5.41) is 4.64. The van der Waals surface area contributed by atoms with Crippen molar-refractivity contribution in [3.05, 3.63) is 23.3 Å². The number of carbonyl (C=O) groups excluding carboxylic acids is 5. The molecule has 10 heteroatoms. The second-order valence-electron chi connectivity index (χ2n) is 6.13. The maximum Gasteiger partial charge on any atom is 0.264 e. The molecule has 5 amide bonds. The van der Waals surface area contributed by atoms with E-state index in [-0.39, 0.29) is 48.6 Å². The number of piperidine rings is 1. The smallest absolute Gasteiger partial charge is 0.264 e. The molecule has 2 aliphatic rings. The standard InChI is InChI=1S/C17H18N4O6/c1-8(22)19-14-11(27-7-6-18)4-2-9-13(14)17(26)21(16(9)25)10-3-5-12(23)20-15(10)24/h2,4,10H,3,5-7,18H2,1H3,(H,19,22)(H,20,23,24). The SMILES string of the molecule is CC(=O)Nc1c(OCCN)ccc2c1C(=O)N(C1CCC(=O)NC1=O)C2=O. The van der Waals surface area contributed by atoms with Crippen LogP contribution in [0.5, 0.6) is 5.75 Å². The molecule has 1 atom stereocenters. The van der Waals surface area contributed by atoms with Crippen LogP contribution in [0, 0.1) is 0 Å². The molecule has 1 saturated heterocycles. The van der Waals surface area contributed by atoms with E-state index < -0.39 is 35.6 Å². The van der Waals surface area contributed by atoms with Gasteiger partial charge in [-0.2, -0.15) is 0 Å². The minimum atomic E-state index is -1.09. The highest BCUT2D eigenvalue weighted by Crippen LogP contribution is 2.38. The molecule has 10 nitrogen and oxygen atoms in total. The summed E-state index contributed by atoms with van der Waals surface area (Å²) in [6.45, 7) is 1.61. The fraction of sp³-hybridized carbons (Fsp3) is 0.353. The molecule has 4 N–H and O–H groups in total. The molecule has 1 aromatic carbocycles. The molecule has 0 radical (unpaired) electrons. The lowest BCUT2D eigenvalue weighted by atomic mass is 10.0. The van der Waals surface area contributed by atoms with E-state index >= 15 is 0 Å². The number of amides is 5. The first-order valence-corrected chi connectivity index (χ1v) is 8.34. The normalized spacial score (nSPS) is 19.0. The predicted molar refractivity (Wildman–Crippen MR) is 92.0 cm³/mol. The molecular formula is C17H18N4O6. The first-order valence-electron chi connectivity index (χ1n) is 8.34. The molecule has 2 heterocycles. The minimum absolute atomic E-state index is 0.0211. The van der Waals surface area contributed by atoms with Crippen LogP contribution in [0.1, 0.15) is 40.5 Å². The second-order valence-corrected chi connectivity index (χ2v) is 6.13. The molecule has 27 heavy (non-hydrogen) atoms. The molecule has 1 unspecified atom stereocenters. The Bertz CT molecular complexity index is 865. The Morgan fingerprint density at radius 3 is 2.67 bits per heavy atom. The average molecular weight is 374 g/mol. The van der Waals surface area contributed by atoms with Crippen LogP contribution in [0.2, 0.25) is 0 Å². The van der Waals surface area contributed by atoms with Crippen LogP contribution in [-0.2, 0) is 14.4 Å². The average Bonchev–Trinajstić information content (AvgIpc) is 2.85. The Kier molecular flexibility index (Phi) is 4.91. The van der Waals surface area contributed by atoms with Gasteiger partial charge < -0.3 is 15.8 Å². The Hall–Kier alpha value is -3.27. The molecule has 0 saturated carbocycles. The summed E-state index contributed by atoms with van der Waals surface area (Å²) in [6.07, 6.45) is 0.0648. The number of imide groups is 2. The van der Waals surface area contributed by atoms with E-state index in [4.69, 9.17) is 10.5 Å². The van der Waals surface area contributed by atoms with Gasteiger partial charge in [0.15, 0.2) is 0 Å². The van der Waals surface area contributed by atoms with Gasteiger partial charge in [-0.15, -0.1) is 0 Å². The highest BCUT2D eigenvalue weighted by atomic mass is 16.5. The van der Waals surface area contributed by atoms with Gasteiger partial charge in [0, 0.05) is 19.9 Å². The van der Waals surface area contributed by atoms with E-state index in [9.17, 15) is 24.0 Å². The quantitative estimate of drug-likeness (QED) is 0.582. The summed E-state index contributed by atoms with van der Waals surface area (Å²) in [4.78, 5) is 61.6. The topological polar surface area (TPSA) is 148 Å². The lowest BCUT2D eigenvalue weighted by Crippen LogP contribution is -2.54. The largest absolute Gasteiger partial charge is 0.490 e. The Labute approximate surface area is 154 Å². The number of benzene rings is 1. The van der Waals surface area contributed by atoms with Gasteiger partial charge in [-0.1, -0.05) is 0 Å².